The van der Waals surface area contributed by atoms with Crippen LogP contribution < -0.4 is 5.32 Å². The Kier molecular flexibility index (Phi) is 3.73. The van der Waals surface area contributed by atoms with Crippen LogP contribution in [0.4, 0.5) is 0 Å². The summed E-state index contributed by atoms with van der Waals surface area (Å²) in [7, 11) is 0. The summed E-state index contributed by atoms with van der Waals surface area (Å²) in [6, 6.07) is 7.78. The molecule has 1 N–H and O–H groups in total. The van der Waals surface area contributed by atoms with Gasteiger partial charge < -0.3 is 14.2 Å². The number of amides is 1. The summed E-state index contributed by atoms with van der Waals surface area (Å²) in [6.07, 6.45) is 2.27. The monoisotopic (exact) mass is 314 g/mol. The van der Waals surface area contributed by atoms with E-state index >= 15 is 0 Å². The van der Waals surface area contributed by atoms with E-state index in [-0.39, 0.29) is 5.91 Å². The van der Waals surface area contributed by atoms with Crippen LogP contribution in [0.15, 0.2) is 39.4 Å². The number of furan rings is 2. The molecule has 3 heterocycles. The minimum absolute atomic E-state index is 0.133. The number of hydrogen-bond acceptors (Lipinski definition) is 4. The minimum Gasteiger partial charge on any atom is -0.467 e. The zero-order valence-corrected chi connectivity index (χ0v) is 13.3. The van der Waals surface area contributed by atoms with Crippen molar-refractivity contribution in [1.29, 1.82) is 0 Å². The van der Waals surface area contributed by atoms with E-state index in [9.17, 15) is 4.79 Å². The molecule has 0 bridgehead atoms. The first-order chi connectivity index (χ1) is 11.2. The molecule has 1 aliphatic heterocycles. The number of carbonyl (C=O) groups is 1. The summed E-state index contributed by atoms with van der Waals surface area (Å²) in [5, 5.41) is 2.94. The van der Waals surface area contributed by atoms with Gasteiger partial charge in [0.05, 0.1) is 19.4 Å². The average Bonchev–Trinajstić information content (AvgIpc) is 3.04. The van der Waals surface area contributed by atoms with Crippen molar-refractivity contribution in [3.8, 4) is 0 Å². The van der Waals surface area contributed by atoms with Gasteiger partial charge in [-0.2, -0.15) is 0 Å². The highest BCUT2D eigenvalue weighted by atomic mass is 16.3. The molecule has 2 fully saturated rings. The number of fused-ring (bicyclic) bond motifs is 1. The highest BCUT2D eigenvalue weighted by molar-refractivity contribution is 5.76. The Bertz CT molecular complexity index is 664. The molecule has 5 nitrogen and oxygen atoms in total. The van der Waals surface area contributed by atoms with Crippen LogP contribution in [-0.4, -0.2) is 23.9 Å². The summed E-state index contributed by atoms with van der Waals surface area (Å²) in [5.41, 5.74) is 0. The summed E-state index contributed by atoms with van der Waals surface area (Å²) in [6.45, 7) is 5.51. The van der Waals surface area contributed by atoms with E-state index in [0.29, 0.717) is 30.7 Å². The smallest absolute Gasteiger partial charge is 0.220 e. The molecule has 1 aliphatic carbocycles. The molecule has 5 heteroatoms. The van der Waals surface area contributed by atoms with Gasteiger partial charge >= 0.3 is 0 Å². The molecule has 1 saturated carbocycles. The van der Waals surface area contributed by atoms with Crippen LogP contribution >= 0.6 is 0 Å². The van der Waals surface area contributed by atoms with E-state index in [0.717, 1.165) is 36.9 Å². The number of carbonyl (C=O) groups excluding carboxylic acids is 1. The lowest BCUT2D eigenvalue weighted by atomic mass is 10.2. The van der Waals surface area contributed by atoms with Gasteiger partial charge in [0.1, 0.15) is 17.3 Å². The number of rotatable bonds is 6. The summed E-state index contributed by atoms with van der Waals surface area (Å²) in [4.78, 5) is 14.4. The van der Waals surface area contributed by atoms with Crippen LogP contribution in [0.5, 0.6) is 0 Å². The fourth-order valence-electron chi connectivity index (χ4n) is 3.84. The van der Waals surface area contributed by atoms with E-state index in [1.54, 1.807) is 6.26 Å². The Morgan fingerprint density at radius 3 is 2.74 bits per heavy atom. The highest BCUT2D eigenvalue weighted by Gasteiger charge is 2.55. The third-order valence-electron chi connectivity index (χ3n) is 5.08. The fourth-order valence-corrected chi connectivity index (χ4v) is 3.84. The van der Waals surface area contributed by atoms with E-state index in [1.165, 1.54) is 0 Å². The maximum absolute atomic E-state index is 12.0. The van der Waals surface area contributed by atoms with Gasteiger partial charge in [-0.1, -0.05) is 0 Å². The first kappa shape index (κ1) is 14.6. The summed E-state index contributed by atoms with van der Waals surface area (Å²) < 4.78 is 10.9. The lowest BCUT2D eigenvalue weighted by Gasteiger charge is -2.17. The minimum atomic E-state index is 0.133. The topological polar surface area (TPSA) is 58.6 Å². The first-order valence-electron chi connectivity index (χ1n) is 8.26. The quantitative estimate of drug-likeness (QED) is 0.890. The van der Waals surface area contributed by atoms with Crippen molar-refractivity contribution in [2.24, 2.45) is 17.8 Å². The Hall–Kier alpha value is -2.01. The summed E-state index contributed by atoms with van der Waals surface area (Å²) >= 11 is 0. The molecule has 0 aromatic carbocycles. The molecule has 1 saturated heterocycles. The Morgan fingerprint density at radius 1 is 1.26 bits per heavy atom. The molecule has 3 atom stereocenters. The van der Waals surface area contributed by atoms with Crippen LogP contribution in [0.3, 0.4) is 0 Å². The van der Waals surface area contributed by atoms with Gasteiger partial charge in [-0.15, -0.1) is 0 Å². The van der Waals surface area contributed by atoms with Crippen molar-refractivity contribution in [2.75, 3.05) is 13.1 Å². The second-order valence-electron chi connectivity index (χ2n) is 6.76. The van der Waals surface area contributed by atoms with E-state index in [2.05, 4.69) is 16.3 Å². The molecule has 2 aliphatic rings. The Balaban J connectivity index is 1.19. The van der Waals surface area contributed by atoms with Gasteiger partial charge in [-0.25, -0.2) is 0 Å². The van der Waals surface area contributed by atoms with Crippen molar-refractivity contribution in [2.45, 2.75) is 26.4 Å². The SMILES string of the molecule is Cc1ccc(CN2C[C@@H]3C(CC(=O)NCc4ccco4)[C@@H]3C2)o1. The lowest BCUT2D eigenvalue weighted by molar-refractivity contribution is -0.121. The zero-order chi connectivity index (χ0) is 15.8. The standard InChI is InChI=1S/C18H22N2O3/c1-12-4-5-14(23-12)9-20-10-16-15(17(16)11-20)7-18(21)19-8-13-3-2-6-22-13/h2-6,15-17H,7-11H2,1H3,(H,19,21)/t15?,16-,17+. The number of likely N-dealkylation sites (tertiary alicyclic amines) is 1. The molecule has 2 aromatic heterocycles. The zero-order valence-electron chi connectivity index (χ0n) is 13.3. The first-order valence-corrected chi connectivity index (χ1v) is 8.26. The fraction of sp³-hybridized carbons (Fsp3) is 0.500. The second-order valence-corrected chi connectivity index (χ2v) is 6.76. The maximum Gasteiger partial charge on any atom is 0.220 e. The molecular weight excluding hydrogens is 292 g/mol. The van der Waals surface area contributed by atoms with Gasteiger partial charge in [0.25, 0.3) is 0 Å². The molecule has 122 valence electrons. The molecule has 1 amide bonds. The summed E-state index contributed by atoms with van der Waals surface area (Å²) in [5.74, 6) is 4.86. The molecule has 23 heavy (non-hydrogen) atoms. The largest absolute Gasteiger partial charge is 0.467 e. The van der Waals surface area contributed by atoms with Crippen molar-refractivity contribution in [3.63, 3.8) is 0 Å². The molecule has 0 radical (unpaired) electrons. The average molecular weight is 314 g/mol. The van der Waals surface area contributed by atoms with Gasteiger partial charge in [-0.3, -0.25) is 9.69 Å². The van der Waals surface area contributed by atoms with Crippen molar-refractivity contribution in [1.82, 2.24) is 10.2 Å². The number of hydrogen-bond donors (Lipinski definition) is 1. The molecule has 2 aromatic rings. The number of piperidine rings is 1. The number of aryl methyl sites for hydroxylation is 1. The third-order valence-corrected chi connectivity index (χ3v) is 5.08. The Morgan fingerprint density at radius 2 is 2.09 bits per heavy atom. The van der Waals surface area contributed by atoms with E-state index in [1.807, 2.05) is 25.1 Å². The van der Waals surface area contributed by atoms with Crippen molar-refractivity contribution >= 4 is 5.91 Å². The number of nitrogens with zero attached hydrogens (tertiary/aromatic N) is 1. The van der Waals surface area contributed by atoms with Crippen LogP contribution in [0.2, 0.25) is 0 Å². The van der Waals surface area contributed by atoms with Gasteiger partial charge in [0.2, 0.25) is 5.91 Å². The van der Waals surface area contributed by atoms with Crippen LogP contribution in [0.1, 0.15) is 23.7 Å². The van der Waals surface area contributed by atoms with Crippen LogP contribution in [0.25, 0.3) is 0 Å². The lowest BCUT2D eigenvalue weighted by Crippen LogP contribution is -2.27. The van der Waals surface area contributed by atoms with E-state index in [4.69, 9.17) is 8.83 Å². The Labute approximate surface area is 135 Å². The second kappa shape index (κ2) is 5.89. The van der Waals surface area contributed by atoms with Crippen molar-refractivity contribution in [3.05, 3.63) is 47.8 Å². The highest BCUT2D eigenvalue weighted by Crippen LogP contribution is 2.53. The van der Waals surface area contributed by atoms with Crippen LogP contribution in [0, 0.1) is 24.7 Å². The molecule has 0 spiro atoms. The van der Waals surface area contributed by atoms with Gasteiger partial charge in [0.15, 0.2) is 0 Å². The third kappa shape index (κ3) is 3.20. The predicted octanol–water partition coefficient (Wildman–Crippen LogP) is 2.57. The number of nitrogens with one attached hydrogen (secondary N) is 1. The van der Waals surface area contributed by atoms with Gasteiger partial charge in [-0.05, 0) is 48.9 Å². The molecule has 4 rings (SSSR count). The predicted molar refractivity (Wildman–Crippen MR) is 84.4 cm³/mol. The van der Waals surface area contributed by atoms with Crippen LogP contribution in [-0.2, 0) is 17.9 Å². The maximum atomic E-state index is 12.0. The normalized spacial score (nSPS) is 26.2. The van der Waals surface area contributed by atoms with E-state index < -0.39 is 0 Å². The van der Waals surface area contributed by atoms with Crippen molar-refractivity contribution < 1.29 is 13.6 Å². The molecule has 1 unspecified atom stereocenters. The van der Waals surface area contributed by atoms with Gasteiger partial charge in [0, 0.05) is 19.5 Å². The molecular formula is C18H22N2O3.